The average molecular weight is 293 g/mol. The summed E-state index contributed by atoms with van der Waals surface area (Å²) in [5.74, 6) is 0.155. The van der Waals surface area contributed by atoms with Gasteiger partial charge in [-0.25, -0.2) is 0 Å². The Balaban J connectivity index is 1.75. The molecule has 4 nitrogen and oxygen atoms in total. The molecule has 106 valence electrons. The molecule has 0 bridgehead atoms. The third-order valence-corrected chi connectivity index (χ3v) is 4.28. The molecule has 0 aromatic heterocycles. The van der Waals surface area contributed by atoms with Gasteiger partial charge in [0.05, 0.1) is 0 Å². The second-order valence-electron chi connectivity index (χ2n) is 5.42. The maximum Gasteiger partial charge on any atom is 0.246 e. The van der Waals surface area contributed by atoms with E-state index in [1.807, 2.05) is 12.1 Å². The second kappa shape index (κ2) is 5.44. The molecule has 0 radical (unpaired) electrons. The average Bonchev–Trinajstić information content (AvgIpc) is 2.47. The molecule has 2 aliphatic heterocycles. The summed E-state index contributed by atoms with van der Waals surface area (Å²) in [4.78, 5) is 28.0. The van der Waals surface area contributed by atoms with Gasteiger partial charge < -0.3 is 9.80 Å². The highest BCUT2D eigenvalue weighted by Gasteiger charge is 2.40. The van der Waals surface area contributed by atoms with E-state index in [9.17, 15) is 9.59 Å². The summed E-state index contributed by atoms with van der Waals surface area (Å²) < 4.78 is 0. The normalized spacial score (nSPS) is 22.9. The number of hydrogen-bond donors (Lipinski definition) is 0. The van der Waals surface area contributed by atoms with Gasteiger partial charge in [0.25, 0.3) is 0 Å². The summed E-state index contributed by atoms with van der Waals surface area (Å²) in [6.45, 7) is 1.40. The van der Waals surface area contributed by atoms with Crippen molar-refractivity contribution in [2.24, 2.45) is 0 Å². The van der Waals surface area contributed by atoms with Crippen LogP contribution in [-0.4, -0.2) is 40.7 Å². The Kier molecular flexibility index (Phi) is 3.66. The highest BCUT2D eigenvalue weighted by atomic mass is 35.5. The van der Waals surface area contributed by atoms with Crippen molar-refractivity contribution in [2.75, 3.05) is 13.1 Å². The van der Waals surface area contributed by atoms with Gasteiger partial charge in [-0.1, -0.05) is 23.7 Å². The molecule has 0 spiro atoms. The maximum absolute atomic E-state index is 12.5. The highest BCUT2D eigenvalue weighted by Crippen LogP contribution is 2.24. The summed E-state index contributed by atoms with van der Waals surface area (Å²) in [7, 11) is 0. The van der Waals surface area contributed by atoms with Crippen LogP contribution in [0.15, 0.2) is 24.3 Å². The fraction of sp³-hybridized carbons (Fsp3) is 0.467. The van der Waals surface area contributed by atoms with Gasteiger partial charge in [-0.3, -0.25) is 9.59 Å². The van der Waals surface area contributed by atoms with Gasteiger partial charge in [-0.15, -0.1) is 0 Å². The Morgan fingerprint density at radius 3 is 2.65 bits per heavy atom. The van der Waals surface area contributed by atoms with E-state index in [1.54, 1.807) is 21.9 Å². The Hall–Kier alpha value is -1.55. The lowest BCUT2D eigenvalue weighted by Gasteiger charge is -2.42. The van der Waals surface area contributed by atoms with Crippen molar-refractivity contribution in [3.8, 4) is 0 Å². The fourth-order valence-corrected chi connectivity index (χ4v) is 3.10. The molecule has 2 amide bonds. The lowest BCUT2D eigenvalue weighted by molar-refractivity contribution is -0.158. The van der Waals surface area contributed by atoms with E-state index >= 15 is 0 Å². The van der Waals surface area contributed by atoms with Gasteiger partial charge in [0.2, 0.25) is 11.8 Å². The first-order chi connectivity index (χ1) is 9.65. The molecule has 1 aromatic rings. The van der Waals surface area contributed by atoms with Crippen molar-refractivity contribution in [1.29, 1.82) is 0 Å². The molecule has 1 unspecified atom stereocenters. The number of fused-ring (bicyclic) bond motifs is 1. The van der Waals surface area contributed by atoms with E-state index in [4.69, 9.17) is 11.6 Å². The summed E-state index contributed by atoms with van der Waals surface area (Å²) in [5.41, 5.74) is 1.000. The smallest absolute Gasteiger partial charge is 0.246 e. The number of carbonyl (C=O) groups excluding carboxylic acids is 2. The van der Waals surface area contributed by atoms with E-state index < -0.39 is 0 Å². The number of piperazine rings is 1. The molecular formula is C15H17ClN2O2. The summed E-state index contributed by atoms with van der Waals surface area (Å²) in [6, 6.07) is 7.16. The number of nitrogens with zero attached hydrogens (tertiary/aromatic N) is 2. The first kappa shape index (κ1) is 13.4. The number of benzene rings is 1. The number of amides is 2. The number of halogens is 1. The highest BCUT2D eigenvalue weighted by molar-refractivity contribution is 6.30. The molecule has 2 heterocycles. The zero-order valence-electron chi connectivity index (χ0n) is 11.2. The van der Waals surface area contributed by atoms with E-state index in [0.717, 1.165) is 31.4 Å². The van der Waals surface area contributed by atoms with Crippen LogP contribution in [0.2, 0.25) is 5.02 Å². The molecule has 20 heavy (non-hydrogen) atoms. The van der Waals surface area contributed by atoms with Gasteiger partial charge in [0.15, 0.2) is 0 Å². The van der Waals surface area contributed by atoms with Crippen molar-refractivity contribution in [1.82, 2.24) is 9.80 Å². The monoisotopic (exact) mass is 292 g/mol. The van der Waals surface area contributed by atoms with Crippen molar-refractivity contribution in [3.05, 3.63) is 34.9 Å². The topological polar surface area (TPSA) is 40.6 Å². The Morgan fingerprint density at radius 2 is 1.90 bits per heavy atom. The molecular weight excluding hydrogens is 276 g/mol. The minimum Gasteiger partial charge on any atom is -0.329 e. The standard InChI is InChI=1S/C15H17ClN2O2/c16-12-6-4-11(5-7-12)9-17-10-14(19)18-8-2-1-3-13(18)15(17)20/h4-7,13H,1-3,8-10H2. The molecule has 2 fully saturated rings. The fourth-order valence-electron chi connectivity index (χ4n) is 2.97. The second-order valence-corrected chi connectivity index (χ2v) is 5.86. The quantitative estimate of drug-likeness (QED) is 0.837. The lowest BCUT2D eigenvalue weighted by Crippen LogP contribution is -2.60. The molecule has 0 saturated carbocycles. The van der Waals surface area contributed by atoms with Crippen molar-refractivity contribution in [3.63, 3.8) is 0 Å². The zero-order chi connectivity index (χ0) is 14.1. The predicted molar refractivity (Wildman–Crippen MR) is 76.2 cm³/mol. The van der Waals surface area contributed by atoms with Gasteiger partial charge in [0, 0.05) is 18.1 Å². The molecule has 0 N–H and O–H groups in total. The predicted octanol–water partition coefficient (Wildman–Crippen LogP) is 2.06. The van der Waals surface area contributed by atoms with Crippen LogP contribution in [0.1, 0.15) is 24.8 Å². The minimum absolute atomic E-state index is 0.0725. The molecule has 3 rings (SSSR count). The van der Waals surface area contributed by atoms with Crippen molar-refractivity contribution < 1.29 is 9.59 Å². The number of hydrogen-bond acceptors (Lipinski definition) is 2. The largest absolute Gasteiger partial charge is 0.329 e. The SMILES string of the molecule is O=C1C2CCCCN2C(=O)CN1Cc1ccc(Cl)cc1. The van der Waals surface area contributed by atoms with E-state index in [1.165, 1.54) is 0 Å². The van der Waals surface area contributed by atoms with Crippen LogP contribution in [0.3, 0.4) is 0 Å². The van der Waals surface area contributed by atoms with Crippen LogP contribution >= 0.6 is 11.6 Å². The Bertz CT molecular complexity index is 529. The van der Waals surface area contributed by atoms with Crippen LogP contribution in [0.25, 0.3) is 0 Å². The Labute approximate surface area is 123 Å². The summed E-state index contributed by atoms with van der Waals surface area (Å²) in [6.07, 6.45) is 2.82. The third kappa shape index (κ3) is 2.52. The van der Waals surface area contributed by atoms with Crippen LogP contribution in [0, 0.1) is 0 Å². The van der Waals surface area contributed by atoms with Gasteiger partial charge in [-0.2, -0.15) is 0 Å². The van der Waals surface area contributed by atoms with Crippen LogP contribution in [0.5, 0.6) is 0 Å². The molecule has 2 saturated heterocycles. The minimum atomic E-state index is -0.239. The van der Waals surface area contributed by atoms with Gasteiger partial charge in [-0.05, 0) is 37.0 Å². The molecule has 5 heteroatoms. The van der Waals surface area contributed by atoms with Crippen LogP contribution < -0.4 is 0 Å². The first-order valence-corrected chi connectivity index (χ1v) is 7.35. The van der Waals surface area contributed by atoms with Crippen LogP contribution in [-0.2, 0) is 16.1 Å². The molecule has 1 aromatic carbocycles. The van der Waals surface area contributed by atoms with Gasteiger partial charge in [0.1, 0.15) is 12.6 Å². The lowest BCUT2D eigenvalue weighted by atomic mass is 9.98. The van der Waals surface area contributed by atoms with Crippen molar-refractivity contribution in [2.45, 2.75) is 31.8 Å². The van der Waals surface area contributed by atoms with Crippen LogP contribution in [0.4, 0.5) is 0 Å². The van der Waals surface area contributed by atoms with Gasteiger partial charge >= 0.3 is 0 Å². The van der Waals surface area contributed by atoms with E-state index in [0.29, 0.717) is 11.6 Å². The summed E-state index contributed by atoms with van der Waals surface area (Å²) >= 11 is 5.86. The van der Waals surface area contributed by atoms with E-state index in [2.05, 4.69) is 0 Å². The molecule has 1 atom stereocenters. The van der Waals surface area contributed by atoms with Crippen molar-refractivity contribution >= 4 is 23.4 Å². The number of carbonyl (C=O) groups is 2. The third-order valence-electron chi connectivity index (χ3n) is 4.03. The maximum atomic E-state index is 12.5. The Morgan fingerprint density at radius 1 is 1.15 bits per heavy atom. The van der Waals surface area contributed by atoms with E-state index in [-0.39, 0.29) is 24.4 Å². The number of rotatable bonds is 2. The number of piperidine rings is 1. The first-order valence-electron chi connectivity index (χ1n) is 6.98. The molecule has 2 aliphatic rings. The molecule has 0 aliphatic carbocycles. The summed E-state index contributed by atoms with van der Waals surface area (Å²) in [5, 5.41) is 0.674. The zero-order valence-corrected chi connectivity index (χ0v) is 12.0.